The third kappa shape index (κ3) is 2.00. The van der Waals surface area contributed by atoms with Gasteiger partial charge in [-0.2, -0.15) is 0 Å². The molecule has 5 nitrogen and oxygen atoms in total. The van der Waals surface area contributed by atoms with Gasteiger partial charge in [0.1, 0.15) is 17.8 Å². The Morgan fingerprint density at radius 1 is 1.60 bits per heavy atom. The molecule has 1 aromatic heterocycles. The first-order valence-corrected chi connectivity index (χ1v) is 6.70. The number of ether oxygens (including phenoxy) is 1. The Bertz CT molecular complexity index is 531. The Labute approximate surface area is 115 Å². The molecule has 2 heterocycles. The second-order valence-electron chi connectivity index (χ2n) is 5.53. The summed E-state index contributed by atoms with van der Waals surface area (Å²) in [5, 5.41) is 2.70. The van der Waals surface area contributed by atoms with Gasteiger partial charge in [0, 0.05) is 32.0 Å². The number of imidazole rings is 1. The van der Waals surface area contributed by atoms with Crippen molar-refractivity contribution in [3.8, 4) is 0 Å². The second kappa shape index (κ2) is 4.51. The number of nitrogens with zero attached hydrogens (tertiary/aromatic N) is 2. The molecule has 110 valence electrons. The summed E-state index contributed by atoms with van der Waals surface area (Å²) in [5.41, 5.74) is 0. The fourth-order valence-corrected chi connectivity index (χ4v) is 2.80. The summed E-state index contributed by atoms with van der Waals surface area (Å²) in [5.74, 6) is -4.84. The van der Waals surface area contributed by atoms with Crippen LogP contribution in [0, 0.1) is 11.8 Å². The molecule has 2 aliphatic rings. The number of hydrogen-bond acceptors (Lipinski definition) is 3. The van der Waals surface area contributed by atoms with Gasteiger partial charge < -0.3 is 14.6 Å². The number of carbonyl (C=O) groups is 1. The zero-order chi connectivity index (χ0) is 14.5. The number of aromatic nitrogens is 2. The maximum Gasteiger partial charge on any atom is 0.263 e. The molecular weight excluding hydrogens is 268 g/mol. The van der Waals surface area contributed by atoms with E-state index < -0.39 is 23.7 Å². The Hall–Kier alpha value is -1.50. The van der Waals surface area contributed by atoms with E-state index in [9.17, 15) is 13.6 Å². The molecule has 1 saturated heterocycles. The van der Waals surface area contributed by atoms with E-state index in [0.29, 0.717) is 18.9 Å². The number of amides is 1. The average Bonchev–Trinajstić information content (AvgIpc) is 2.81. The van der Waals surface area contributed by atoms with Gasteiger partial charge in [-0.15, -0.1) is 0 Å². The average molecular weight is 285 g/mol. The number of halogens is 2. The van der Waals surface area contributed by atoms with Crippen molar-refractivity contribution in [2.75, 3.05) is 6.61 Å². The molecular formula is C13H17F2N3O2. The molecule has 4 atom stereocenters. The fraction of sp³-hybridized carbons (Fsp3) is 0.692. The van der Waals surface area contributed by atoms with Gasteiger partial charge in [-0.05, 0) is 6.42 Å². The summed E-state index contributed by atoms with van der Waals surface area (Å²) < 4.78 is 33.9. The van der Waals surface area contributed by atoms with Gasteiger partial charge in [-0.25, -0.2) is 13.8 Å². The van der Waals surface area contributed by atoms with E-state index in [4.69, 9.17) is 4.74 Å². The first-order chi connectivity index (χ1) is 9.43. The van der Waals surface area contributed by atoms with Crippen molar-refractivity contribution in [2.45, 2.75) is 31.4 Å². The van der Waals surface area contributed by atoms with Gasteiger partial charge in [-0.3, -0.25) is 4.79 Å². The molecule has 0 aromatic carbocycles. The molecule has 1 N–H and O–H groups in total. The minimum atomic E-state index is -2.87. The number of carbonyl (C=O) groups excluding carboxylic acids is 1. The minimum Gasteiger partial charge on any atom is -0.368 e. The van der Waals surface area contributed by atoms with E-state index in [-0.39, 0.29) is 12.1 Å². The highest BCUT2D eigenvalue weighted by molar-refractivity contribution is 5.83. The van der Waals surface area contributed by atoms with Gasteiger partial charge in [0.05, 0.1) is 6.04 Å². The molecule has 1 saturated carbocycles. The van der Waals surface area contributed by atoms with Gasteiger partial charge in [0.25, 0.3) is 5.92 Å². The van der Waals surface area contributed by atoms with Crippen LogP contribution in [-0.4, -0.2) is 34.0 Å². The van der Waals surface area contributed by atoms with Gasteiger partial charge in [0.2, 0.25) is 5.91 Å². The smallest absolute Gasteiger partial charge is 0.263 e. The number of hydrogen-bond donors (Lipinski definition) is 1. The number of aryl methyl sites for hydroxylation is 1. The Morgan fingerprint density at radius 3 is 2.85 bits per heavy atom. The normalized spacial score (nSPS) is 35.0. The van der Waals surface area contributed by atoms with Crippen LogP contribution in [0.25, 0.3) is 0 Å². The third-order valence-electron chi connectivity index (χ3n) is 4.23. The van der Waals surface area contributed by atoms with Gasteiger partial charge >= 0.3 is 0 Å². The van der Waals surface area contributed by atoms with Crippen molar-refractivity contribution in [2.24, 2.45) is 18.9 Å². The first-order valence-electron chi connectivity index (χ1n) is 6.70. The highest BCUT2D eigenvalue weighted by Crippen LogP contribution is 2.55. The van der Waals surface area contributed by atoms with E-state index in [2.05, 4.69) is 10.3 Å². The van der Waals surface area contributed by atoms with Crippen LogP contribution in [0.15, 0.2) is 12.4 Å². The SMILES string of the molecule is CC1C(C(=O)N[C@H]2CCO[C@@H]2c2nccn2C)C1(F)F. The van der Waals surface area contributed by atoms with Gasteiger partial charge in [0.15, 0.2) is 0 Å². The zero-order valence-corrected chi connectivity index (χ0v) is 11.3. The van der Waals surface area contributed by atoms with Crippen LogP contribution in [0.2, 0.25) is 0 Å². The van der Waals surface area contributed by atoms with E-state index in [1.54, 1.807) is 12.4 Å². The van der Waals surface area contributed by atoms with Crippen LogP contribution in [-0.2, 0) is 16.6 Å². The molecule has 20 heavy (non-hydrogen) atoms. The van der Waals surface area contributed by atoms with Crippen molar-refractivity contribution in [1.29, 1.82) is 0 Å². The third-order valence-corrected chi connectivity index (χ3v) is 4.23. The summed E-state index contributed by atoms with van der Waals surface area (Å²) >= 11 is 0. The lowest BCUT2D eigenvalue weighted by atomic mass is 10.1. The standard InChI is InChI=1S/C13H17F2N3O2/c1-7-9(13(7,14)15)12(19)17-8-3-6-20-10(8)11-16-4-5-18(11)2/h4-5,7-10H,3,6H2,1-2H3,(H,17,19)/t7?,8-,9?,10-/m0/s1. The maximum absolute atomic E-state index is 13.2. The highest BCUT2D eigenvalue weighted by atomic mass is 19.3. The molecule has 1 aromatic rings. The molecule has 1 aliphatic heterocycles. The monoisotopic (exact) mass is 285 g/mol. The molecule has 2 fully saturated rings. The van der Waals surface area contributed by atoms with Crippen molar-refractivity contribution < 1.29 is 18.3 Å². The predicted molar refractivity (Wildman–Crippen MR) is 66.0 cm³/mol. The Morgan fingerprint density at radius 2 is 2.30 bits per heavy atom. The summed E-state index contributed by atoms with van der Waals surface area (Å²) in [6, 6.07) is -0.299. The van der Waals surface area contributed by atoms with E-state index in [1.807, 2.05) is 11.6 Å². The summed E-state index contributed by atoms with van der Waals surface area (Å²) in [6.07, 6.45) is 3.66. The number of nitrogens with one attached hydrogen (secondary N) is 1. The van der Waals surface area contributed by atoms with E-state index in [0.717, 1.165) is 0 Å². The summed E-state index contributed by atoms with van der Waals surface area (Å²) in [6.45, 7) is 1.88. The first kappa shape index (κ1) is 13.5. The van der Waals surface area contributed by atoms with Crippen molar-refractivity contribution in [1.82, 2.24) is 14.9 Å². The molecule has 3 rings (SSSR count). The van der Waals surface area contributed by atoms with Crippen LogP contribution < -0.4 is 5.32 Å². The lowest BCUT2D eigenvalue weighted by molar-refractivity contribution is -0.125. The van der Waals surface area contributed by atoms with E-state index >= 15 is 0 Å². The van der Waals surface area contributed by atoms with Crippen LogP contribution in [0.1, 0.15) is 25.3 Å². The fourth-order valence-electron chi connectivity index (χ4n) is 2.80. The number of rotatable bonds is 3. The quantitative estimate of drug-likeness (QED) is 0.910. The van der Waals surface area contributed by atoms with Gasteiger partial charge in [-0.1, -0.05) is 6.92 Å². The Kier molecular flexibility index (Phi) is 3.04. The molecule has 0 radical (unpaired) electrons. The maximum atomic E-state index is 13.2. The molecule has 7 heteroatoms. The zero-order valence-electron chi connectivity index (χ0n) is 11.3. The topological polar surface area (TPSA) is 56.1 Å². The van der Waals surface area contributed by atoms with Crippen molar-refractivity contribution in [3.05, 3.63) is 18.2 Å². The molecule has 0 bridgehead atoms. The molecule has 1 aliphatic carbocycles. The van der Waals surface area contributed by atoms with Crippen LogP contribution in [0.3, 0.4) is 0 Å². The predicted octanol–water partition coefficient (Wildman–Crippen LogP) is 1.27. The molecule has 1 amide bonds. The van der Waals surface area contributed by atoms with Crippen LogP contribution in [0.5, 0.6) is 0 Å². The molecule has 0 spiro atoms. The Balaban J connectivity index is 1.68. The van der Waals surface area contributed by atoms with Crippen LogP contribution in [0.4, 0.5) is 8.78 Å². The van der Waals surface area contributed by atoms with Crippen LogP contribution >= 0.6 is 0 Å². The van der Waals surface area contributed by atoms with Crippen molar-refractivity contribution >= 4 is 5.91 Å². The van der Waals surface area contributed by atoms with E-state index in [1.165, 1.54) is 6.92 Å². The second-order valence-corrected chi connectivity index (χ2v) is 5.53. The lowest BCUT2D eigenvalue weighted by Crippen LogP contribution is -2.39. The summed E-state index contributed by atoms with van der Waals surface area (Å²) in [4.78, 5) is 16.1. The summed E-state index contributed by atoms with van der Waals surface area (Å²) in [7, 11) is 1.83. The minimum absolute atomic E-state index is 0.299. The lowest BCUT2D eigenvalue weighted by Gasteiger charge is -2.19. The van der Waals surface area contributed by atoms with Crippen molar-refractivity contribution in [3.63, 3.8) is 0 Å². The largest absolute Gasteiger partial charge is 0.368 e. The molecule has 2 unspecified atom stereocenters. The number of alkyl halides is 2. The highest BCUT2D eigenvalue weighted by Gasteiger charge is 2.69.